The SMILES string of the molecule is C(=C\c1ccc2c(c1)C1(c3ccccc3-c3ccccc31)c1cc(/C=C/c3ccc(-c4ccc5c(c4)c4ccccc4n5-c4ccccn4)cc3)ccc1-2)/c1ccc(-c2ccc3c(c2)c2ccccc2n3-c2ccccn2)cc1. The van der Waals surface area contributed by atoms with Gasteiger partial charge in [0.25, 0.3) is 0 Å². The van der Waals surface area contributed by atoms with Gasteiger partial charge in [0.05, 0.1) is 27.5 Å². The molecule has 4 heteroatoms. The van der Waals surface area contributed by atoms with E-state index in [4.69, 9.17) is 9.97 Å². The lowest BCUT2D eigenvalue weighted by Crippen LogP contribution is -2.26. The second-order valence-electron chi connectivity index (χ2n) is 20.9. The summed E-state index contributed by atoms with van der Waals surface area (Å²) in [6.45, 7) is 0. The third-order valence-corrected chi connectivity index (χ3v) is 16.7. The highest BCUT2D eigenvalue weighted by atomic mass is 15.1. The van der Waals surface area contributed by atoms with E-state index < -0.39 is 5.41 Å². The Kier molecular flexibility index (Phi) is 10.1. The van der Waals surface area contributed by atoms with Crippen molar-refractivity contribution in [2.45, 2.75) is 5.41 Å². The number of pyridine rings is 2. The Morgan fingerprint density at radius 2 is 0.633 bits per heavy atom. The van der Waals surface area contributed by atoms with E-state index in [1.807, 2.05) is 36.7 Å². The number of aromatic nitrogens is 4. The zero-order chi connectivity index (χ0) is 52.0. The fourth-order valence-electron chi connectivity index (χ4n) is 13.1. The normalized spacial score (nSPS) is 13.1. The van der Waals surface area contributed by atoms with E-state index >= 15 is 0 Å². The highest BCUT2D eigenvalue weighted by Crippen LogP contribution is 2.63. The molecule has 0 unspecified atom stereocenters. The van der Waals surface area contributed by atoms with E-state index in [1.165, 1.54) is 99.4 Å². The Labute approximate surface area is 457 Å². The van der Waals surface area contributed by atoms with Crippen LogP contribution in [0.2, 0.25) is 0 Å². The molecule has 0 aliphatic heterocycles. The molecule has 4 heterocycles. The van der Waals surface area contributed by atoms with Gasteiger partial charge in [0, 0.05) is 33.9 Å². The topological polar surface area (TPSA) is 35.6 Å². The standard InChI is InChI=1S/C75H48N4/c1-5-17-65-57(13-1)58-14-2-6-18-66(58)75(65)67-45-51(25-23-49-27-33-53(34-28-49)55-37-41-71-63(47-55)61-15-3-7-19-69(61)78(71)73-21-9-11-43-76-73)31-39-59(67)60-40-32-52(46-68(60)75)26-24-50-29-35-54(36-30-50)56-38-42-72-64(48-56)62-16-4-8-20-70(62)79(72)74-22-10-12-44-77-74/h1-48H/b25-23+,26-24+. The molecule has 0 saturated carbocycles. The second-order valence-corrected chi connectivity index (χ2v) is 20.9. The van der Waals surface area contributed by atoms with Crippen molar-refractivity contribution >= 4 is 67.9 Å². The van der Waals surface area contributed by atoms with Gasteiger partial charge in [-0.3, -0.25) is 9.13 Å². The predicted octanol–water partition coefficient (Wildman–Crippen LogP) is 18.7. The molecule has 14 aromatic rings. The lowest BCUT2D eigenvalue weighted by molar-refractivity contribution is 0.793. The maximum atomic E-state index is 4.71. The van der Waals surface area contributed by atoms with Crippen LogP contribution in [-0.2, 0) is 5.41 Å². The van der Waals surface area contributed by atoms with Crippen molar-refractivity contribution in [3.05, 3.63) is 312 Å². The first-order chi connectivity index (χ1) is 39.2. The molecule has 0 bridgehead atoms. The first-order valence-electron chi connectivity index (χ1n) is 27.1. The summed E-state index contributed by atoms with van der Waals surface area (Å²) < 4.78 is 4.52. The van der Waals surface area contributed by atoms with Crippen LogP contribution in [0.15, 0.2) is 267 Å². The molecule has 0 radical (unpaired) electrons. The van der Waals surface area contributed by atoms with Gasteiger partial charge in [-0.25, -0.2) is 9.97 Å². The van der Waals surface area contributed by atoms with E-state index in [-0.39, 0.29) is 0 Å². The Morgan fingerprint density at radius 3 is 1.09 bits per heavy atom. The Morgan fingerprint density at radius 1 is 0.266 bits per heavy atom. The minimum atomic E-state index is -0.467. The maximum absolute atomic E-state index is 4.71. The van der Waals surface area contributed by atoms with Crippen LogP contribution in [0.4, 0.5) is 0 Å². The Hall–Kier alpha value is -10.4. The Balaban J connectivity index is 0.711. The molecule has 368 valence electrons. The molecule has 4 nitrogen and oxygen atoms in total. The molecule has 0 fully saturated rings. The quantitative estimate of drug-likeness (QED) is 0.142. The van der Waals surface area contributed by atoms with Gasteiger partial charge in [-0.1, -0.05) is 206 Å². The third kappa shape index (κ3) is 7.01. The molecular weight excluding hydrogens is 957 g/mol. The van der Waals surface area contributed by atoms with Crippen molar-refractivity contribution in [2.24, 2.45) is 0 Å². The molecule has 0 atom stereocenters. The lowest BCUT2D eigenvalue weighted by Gasteiger charge is -2.30. The predicted molar refractivity (Wildman–Crippen MR) is 329 cm³/mol. The summed E-state index contributed by atoms with van der Waals surface area (Å²) in [7, 11) is 0. The van der Waals surface area contributed by atoms with E-state index in [0.717, 1.165) is 44.8 Å². The molecule has 4 aromatic heterocycles. The van der Waals surface area contributed by atoms with E-state index in [2.05, 4.69) is 264 Å². The van der Waals surface area contributed by atoms with Crippen LogP contribution >= 0.6 is 0 Å². The summed E-state index contributed by atoms with van der Waals surface area (Å²) in [6.07, 6.45) is 12.8. The molecule has 2 aliphatic carbocycles. The first-order valence-corrected chi connectivity index (χ1v) is 27.1. The molecule has 0 N–H and O–H groups in total. The summed E-state index contributed by atoms with van der Waals surface area (Å²) in [6, 6.07) is 93.1. The van der Waals surface area contributed by atoms with Crippen LogP contribution in [0.5, 0.6) is 0 Å². The fourth-order valence-corrected chi connectivity index (χ4v) is 13.1. The number of hydrogen-bond donors (Lipinski definition) is 0. The van der Waals surface area contributed by atoms with Gasteiger partial charge in [0.15, 0.2) is 0 Å². The zero-order valence-electron chi connectivity index (χ0n) is 43.0. The van der Waals surface area contributed by atoms with Crippen molar-refractivity contribution in [2.75, 3.05) is 0 Å². The van der Waals surface area contributed by atoms with Crippen molar-refractivity contribution < 1.29 is 0 Å². The number of benzene rings is 10. The average Bonchev–Trinajstić information content (AvgIpc) is 4.25. The minimum absolute atomic E-state index is 0.467. The third-order valence-electron chi connectivity index (χ3n) is 16.7. The van der Waals surface area contributed by atoms with E-state index in [1.54, 1.807) is 0 Å². The zero-order valence-corrected chi connectivity index (χ0v) is 43.0. The van der Waals surface area contributed by atoms with Gasteiger partial charge in [0.2, 0.25) is 0 Å². The lowest BCUT2D eigenvalue weighted by atomic mass is 9.70. The highest BCUT2D eigenvalue weighted by Gasteiger charge is 2.51. The molecule has 0 saturated heterocycles. The summed E-state index contributed by atoms with van der Waals surface area (Å²) >= 11 is 0. The smallest absolute Gasteiger partial charge is 0.137 e. The first kappa shape index (κ1) is 44.8. The fraction of sp³-hybridized carbons (Fsp3) is 0.0133. The summed E-state index contributed by atoms with van der Waals surface area (Å²) in [4.78, 5) is 9.42. The van der Waals surface area contributed by atoms with Crippen molar-refractivity contribution in [3.8, 4) is 56.1 Å². The monoisotopic (exact) mass is 1000 g/mol. The summed E-state index contributed by atoms with van der Waals surface area (Å²) in [5.41, 5.74) is 24.0. The van der Waals surface area contributed by atoms with E-state index in [0.29, 0.717) is 0 Å². The highest BCUT2D eigenvalue weighted by molar-refractivity contribution is 6.11. The number of hydrogen-bond acceptors (Lipinski definition) is 2. The molecule has 10 aromatic carbocycles. The molecule has 2 aliphatic rings. The van der Waals surface area contributed by atoms with Crippen LogP contribution < -0.4 is 0 Å². The van der Waals surface area contributed by atoms with Gasteiger partial charge in [-0.2, -0.15) is 0 Å². The van der Waals surface area contributed by atoms with Crippen LogP contribution in [0.1, 0.15) is 44.5 Å². The van der Waals surface area contributed by atoms with Crippen LogP contribution in [0, 0.1) is 0 Å². The minimum Gasteiger partial charge on any atom is -0.294 e. The van der Waals surface area contributed by atoms with Crippen LogP contribution in [-0.4, -0.2) is 19.1 Å². The maximum Gasteiger partial charge on any atom is 0.137 e. The van der Waals surface area contributed by atoms with Gasteiger partial charge >= 0.3 is 0 Å². The van der Waals surface area contributed by atoms with Gasteiger partial charge < -0.3 is 0 Å². The van der Waals surface area contributed by atoms with Gasteiger partial charge in [-0.05, 0) is 162 Å². The number of nitrogens with zero attached hydrogens (tertiary/aromatic N) is 4. The molecule has 79 heavy (non-hydrogen) atoms. The van der Waals surface area contributed by atoms with Crippen LogP contribution in [0.25, 0.3) is 124 Å². The largest absolute Gasteiger partial charge is 0.294 e. The number of rotatable bonds is 8. The van der Waals surface area contributed by atoms with Crippen LogP contribution in [0.3, 0.4) is 0 Å². The molecule has 1 spiro atoms. The summed E-state index contributed by atoms with van der Waals surface area (Å²) in [5.74, 6) is 1.84. The molecule has 0 amide bonds. The van der Waals surface area contributed by atoms with Crippen molar-refractivity contribution in [3.63, 3.8) is 0 Å². The second kappa shape index (κ2) is 17.8. The molecule has 16 rings (SSSR count). The summed E-state index contributed by atoms with van der Waals surface area (Å²) in [5, 5.41) is 4.87. The van der Waals surface area contributed by atoms with Crippen molar-refractivity contribution in [1.82, 2.24) is 19.1 Å². The average molecular weight is 1010 g/mol. The number of para-hydroxylation sites is 2. The number of fused-ring (bicyclic) bond motifs is 16. The van der Waals surface area contributed by atoms with E-state index in [9.17, 15) is 0 Å². The van der Waals surface area contributed by atoms with Gasteiger partial charge in [0.1, 0.15) is 11.6 Å². The van der Waals surface area contributed by atoms with Gasteiger partial charge in [-0.15, -0.1) is 0 Å². The molecular formula is C75H48N4. The Bertz CT molecular complexity index is 4500. The van der Waals surface area contributed by atoms with Crippen molar-refractivity contribution in [1.29, 1.82) is 0 Å².